The van der Waals surface area contributed by atoms with Crippen LogP contribution in [0.1, 0.15) is 25.0 Å². The van der Waals surface area contributed by atoms with Gasteiger partial charge in [-0.15, -0.1) is 0 Å². The number of ether oxygens (including phenoxy) is 1. The molecule has 0 spiro atoms. The normalized spacial score (nSPS) is 12.8. The molecule has 0 saturated heterocycles. The lowest BCUT2D eigenvalue weighted by Crippen LogP contribution is -2.39. The molecule has 1 aromatic rings. The molecule has 0 radical (unpaired) electrons. The van der Waals surface area contributed by atoms with Crippen LogP contribution in [-0.2, 0) is 10.0 Å². The number of rotatable bonds is 6. The molecule has 21 heavy (non-hydrogen) atoms. The predicted molar refractivity (Wildman–Crippen MR) is 85.1 cm³/mol. The van der Waals surface area contributed by atoms with Gasteiger partial charge < -0.3 is 10.5 Å². The molecule has 0 aliphatic heterocycles. The number of sulfonamides is 1. The van der Waals surface area contributed by atoms with Crippen LogP contribution in [0.25, 0.3) is 0 Å². The van der Waals surface area contributed by atoms with Crippen LogP contribution in [0.2, 0.25) is 0 Å². The number of benzene rings is 1. The molecule has 0 saturated carbocycles. The summed E-state index contributed by atoms with van der Waals surface area (Å²) in [5, 5.41) is 0. The maximum absolute atomic E-state index is 12.7. The molecule has 0 bridgehead atoms. The van der Waals surface area contributed by atoms with E-state index in [1.54, 1.807) is 33.2 Å². The Morgan fingerprint density at radius 3 is 2.29 bits per heavy atom. The van der Waals surface area contributed by atoms with Crippen molar-refractivity contribution >= 4 is 10.0 Å². The summed E-state index contributed by atoms with van der Waals surface area (Å²) < 4.78 is 32.1. The van der Waals surface area contributed by atoms with Crippen molar-refractivity contribution in [1.29, 1.82) is 0 Å². The number of hydrogen-bond donors (Lipinski definition) is 1. The first-order valence-corrected chi connectivity index (χ1v) is 8.31. The van der Waals surface area contributed by atoms with E-state index in [1.165, 1.54) is 4.31 Å². The van der Waals surface area contributed by atoms with Crippen LogP contribution in [0.3, 0.4) is 0 Å². The summed E-state index contributed by atoms with van der Waals surface area (Å²) in [6.07, 6.45) is 0. The van der Waals surface area contributed by atoms with Crippen molar-refractivity contribution in [3.8, 4) is 5.75 Å². The molecule has 0 unspecified atom stereocenters. The SMILES string of the molecule is COc1cc(C)c(S(=O)(=O)N(C)CC(C)(C)CN)cc1C. The highest BCUT2D eigenvalue weighted by Gasteiger charge is 2.28. The monoisotopic (exact) mass is 314 g/mol. The van der Waals surface area contributed by atoms with Crippen LogP contribution in [-0.4, -0.2) is 40.0 Å². The Kier molecular flexibility index (Phi) is 5.41. The lowest BCUT2D eigenvalue weighted by molar-refractivity contribution is 0.292. The standard InChI is InChI=1S/C15H26N2O3S/c1-11-8-14(12(2)7-13(11)20-6)21(18,19)17(5)10-15(3,4)9-16/h7-8H,9-10,16H2,1-6H3. The van der Waals surface area contributed by atoms with Crippen LogP contribution in [0.15, 0.2) is 17.0 Å². The maximum Gasteiger partial charge on any atom is 0.243 e. The number of hydrogen-bond acceptors (Lipinski definition) is 4. The molecule has 0 aliphatic rings. The van der Waals surface area contributed by atoms with Crippen LogP contribution < -0.4 is 10.5 Å². The van der Waals surface area contributed by atoms with Gasteiger partial charge in [-0.25, -0.2) is 12.7 Å². The zero-order valence-corrected chi connectivity index (χ0v) is 14.5. The third-order valence-corrected chi connectivity index (χ3v) is 5.53. The fourth-order valence-electron chi connectivity index (χ4n) is 2.18. The zero-order valence-electron chi connectivity index (χ0n) is 13.7. The van der Waals surface area contributed by atoms with Gasteiger partial charge in [0.25, 0.3) is 0 Å². The highest BCUT2D eigenvalue weighted by atomic mass is 32.2. The average molecular weight is 314 g/mol. The van der Waals surface area contributed by atoms with Gasteiger partial charge in [0, 0.05) is 13.6 Å². The van der Waals surface area contributed by atoms with Crippen LogP contribution in [0.4, 0.5) is 0 Å². The minimum atomic E-state index is -3.54. The van der Waals surface area contributed by atoms with Gasteiger partial charge in [0.05, 0.1) is 12.0 Å². The average Bonchev–Trinajstić information content (AvgIpc) is 2.40. The Bertz CT molecular complexity index is 610. The van der Waals surface area contributed by atoms with Crippen molar-refractivity contribution < 1.29 is 13.2 Å². The van der Waals surface area contributed by atoms with Gasteiger partial charge in [-0.2, -0.15) is 0 Å². The molecule has 0 heterocycles. The second kappa shape index (κ2) is 6.34. The van der Waals surface area contributed by atoms with Crippen molar-refractivity contribution in [1.82, 2.24) is 4.31 Å². The molecular weight excluding hydrogens is 288 g/mol. The highest BCUT2D eigenvalue weighted by Crippen LogP contribution is 2.28. The summed E-state index contributed by atoms with van der Waals surface area (Å²) in [6.45, 7) is 8.30. The van der Waals surface area contributed by atoms with Crippen LogP contribution >= 0.6 is 0 Å². The Morgan fingerprint density at radius 2 is 1.81 bits per heavy atom. The summed E-state index contributed by atoms with van der Waals surface area (Å²) in [7, 11) is -0.374. The van der Waals surface area contributed by atoms with E-state index in [0.29, 0.717) is 29.3 Å². The minimum absolute atomic E-state index is 0.267. The Morgan fingerprint density at radius 1 is 1.24 bits per heavy atom. The number of aryl methyl sites for hydroxylation is 2. The van der Waals surface area contributed by atoms with Gasteiger partial charge in [-0.05, 0) is 49.1 Å². The van der Waals surface area contributed by atoms with E-state index < -0.39 is 10.0 Å². The number of nitrogens with zero attached hydrogens (tertiary/aromatic N) is 1. The maximum atomic E-state index is 12.7. The molecule has 5 nitrogen and oxygen atoms in total. The lowest BCUT2D eigenvalue weighted by Gasteiger charge is -2.29. The topological polar surface area (TPSA) is 72.6 Å². The highest BCUT2D eigenvalue weighted by molar-refractivity contribution is 7.89. The first-order valence-electron chi connectivity index (χ1n) is 6.87. The third-order valence-electron chi connectivity index (χ3n) is 3.58. The van der Waals surface area contributed by atoms with E-state index in [1.807, 2.05) is 20.8 Å². The van der Waals surface area contributed by atoms with E-state index >= 15 is 0 Å². The fourth-order valence-corrected chi connectivity index (χ4v) is 3.83. The predicted octanol–water partition coefficient (Wildman–Crippen LogP) is 1.92. The van der Waals surface area contributed by atoms with Gasteiger partial charge in [-0.1, -0.05) is 13.8 Å². The van der Waals surface area contributed by atoms with E-state index in [2.05, 4.69) is 0 Å². The Labute approximate surface area is 128 Å². The fraction of sp³-hybridized carbons (Fsp3) is 0.600. The van der Waals surface area contributed by atoms with Gasteiger partial charge in [-0.3, -0.25) is 0 Å². The van der Waals surface area contributed by atoms with Gasteiger partial charge in [0.1, 0.15) is 5.75 Å². The van der Waals surface area contributed by atoms with E-state index in [9.17, 15) is 8.42 Å². The Balaban J connectivity index is 3.22. The first kappa shape index (κ1) is 17.9. The Hall–Kier alpha value is -1.11. The third kappa shape index (κ3) is 3.96. The van der Waals surface area contributed by atoms with Crippen LogP contribution in [0.5, 0.6) is 5.75 Å². The molecule has 0 aromatic heterocycles. The van der Waals surface area contributed by atoms with Crippen molar-refractivity contribution in [2.24, 2.45) is 11.1 Å². The minimum Gasteiger partial charge on any atom is -0.496 e. The molecule has 6 heteroatoms. The van der Waals surface area contributed by atoms with Crippen molar-refractivity contribution in [3.05, 3.63) is 23.3 Å². The van der Waals surface area contributed by atoms with Gasteiger partial charge in [0.15, 0.2) is 0 Å². The number of methoxy groups -OCH3 is 1. The summed E-state index contributed by atoms with van der Waals surface area (Å²) in [5.41, 5.74) is 6.90. The second-order valence-electron chi connectivity index (χ2n) is 6.22. The van der Waals surface area contributed by atoms with E-state index in [-0.39, 0.29) is 5.41 Å². The molecule has 0 atom stereocenters. The molecule has 0 fully saturated rings. The van der Waals surface area contributed by atoms with Gasteiger partial charge >= 0.3 is 0 Å². The molecular formula is C15H26N2O3S. The number of nitrogens with two attached hydrogens (primary N) is 1. The first-order chi connectivity index (χ1) is 9.55. The smallest absolute Gasteiger partial charge is 0.243 e. The zero-order chi connectivity index (χ0) is 16.4. The molecule has 0 aliphatic carbocycles. The second-order valence-corrected chi connectivity index (χ2v) is 8.23. The van der Waals surface area contributed by atoms with E-state index in [0.717, 1.165) is 5.56 Å². The molecule has 120 valence electrons. The van der Waals surface area contributed by atoms with Crippen molar-refractivity contribution in [2.75, 3.05) is 27.2 Å². The van der Waals surface area contributed by atoms with Gasteiger partial charge in [0.2, 0.25) is 10.0 Å². The molecule has 0 amide bonds. The summed E-state index contributed by atoms with van der Waals surface area (Å²) in [6, 6.07) is 3.42. The van der Waals surface area contributed by atoms with E-state index in [4.69, 9.17) is 10.5 Å². The van der Waals surface area contributed by atoms with Crippen LogP contribution in [0, 0.1) is 19.3 Å². The quantitative estimate of drug-likeness (QED) is 0.870. The lowest BCUT2D eigenvalue weighted by atomic mass is 9.94. The van der Waals surface area contributed by atoms with Crippen molar-refractivity contribution in [2.45, 2.75) is 32.6 Å². The largest absolute Gasteiger partial charge is 0.496 e. The molecule has 1 aromatic carbocycles. The summed E-state index contributed by atoms with van der Waals surface area (Å²) in [5.74, 6) is 0.691. The van der Waals surface area contributed by atoms with Crippen molar-refractivity contribution in [3.63, 3.8) is 0 Å². The summed E-state index contributed by atoms with van der Waals surface area (Å²) >= 11 is 0. The molecule has 1 rings (SSSR count). The molecule has 2 N–H and O–H groups in total. The summed E-state index contributed by atoms with van der Waals surface area (Å²) in [4.78, 5) is 0.316.